The van der Waals surface area contributed by atoms with Crippen LogP contribution in [0.3, 0.4) is 0 Å². The van der Waals surface area contributed by atoms with Crippen LogP contribution in [0.2, 0.25) is 0 Å². The monoisotopic (exact) mass is 423 g/mol. The standard InChI is InChI=1S/C22H25N5S2/c1-4-18(26(2)3)21-24-25-22(27(21)14-16-10-6-5-7-11-16)28-15-20-23-17-12-8-9-13-19(17)29-20/h5-13,18H,4,14-15H2,1-3H3/t18-/m0/s1. The highest BCUT2D eigenvalue weighted by Crippen LogP contribution is 2.30. The van der Waals surface area contributed by atoms with E-state index in [0.717, 1.165) is 40.2 Å². The van der Waals surface area contributed by atoms with Gasteiger partial charge in [-0.05, 0) is 38.2 Å². The summed E-state index contributed by atoms with van der Waals surface area (Å²) >= 11 is 3.47. The van der Waals surface area contributed by atoms with Crippen molar-refractivity contribution in [2.75, 3.05) is 14.1 Å². The van der Waals surface area contributed by atoms with Gasteiger partial charge in [0.1, 0.15) is 5.01 Å². The van der Waals surface area contributed by atoms with Gasteiger partial charge in [-0.1, -0.05) is 61.2 Å². The highest BCUT2D eigenvalue weighted by molar-refractivity contribution is 7.98. The predicted octanol–water partition coefficient (Wildman–Crippen LogP) is 5.24. The Morgan fingerprint density at radius 1 is 1.03 bits per heavy atom. The van der Waals surface area contributed by atoms with Crippen molar-refractivity contribution < 1.29 is 0 Å². The minimum Gasteiger partial charge on any atom is -0.300 e. The molecule has 0 aliphatic rings. The Hall–Kier alpha value is -2.22. The third kappa shape index (κ3) is 4.52. The van der Waals surface area contributed by atoms with Gasteiger partial charge in [-0.15, -0.1) is 21.5 Å². The molecule has 0 radical (unpaired) electrons. The van der Waals surface area contributed by atoms with Crippen molar-refractivity contribution in [1.29, 1.82) is 0 Å². The lowest BCUT2D eigenvalue weighted by molar-refractivity contribution is 0.272. The van der Waals surface area contributed by atoms with E-state index in [4.69, 9.17) is 4.98 Å². The Kier molecular flexibility index (Phi) is 6.28. The molecular weight excluding hydrogens is 398 g/mol. The topological polar surface area (TPSA) is 46.8 Å². The van der Waals surface area contributed by atoms with Crippen LogP contribution in [0.1, 0.15) is 35.8 Å². The molecule has 29 heavy (non-hydrogen) atoms. The SMILES string of the molecule is CC[C@@H](c1nnc(SCc2nc3ccccc3s2)n1Cc1ccccc1)N(C)C. The molecule has 150 valence electrons. The van der Waals surface area contributed by atoms with Gasteiger partial charge in [0.25, 0.3) is 0 Å². The van der Waals surface area contributed by atoms with Crippen LogP contribution in [0.15, 0.2) is 59.8 Å². The largest absolute Gasteiger partial charge is 0.300 e. The van der Waals surface area contributed by atoms with E-state index in [-0.39, 0.29) is 6.04 Å². The van der Waals surface area contributed by atoms with Crippen molar-refractivity contribution >= 4 is 33.3 Å². The summed E-state index contributed by atoms with van der Waals surface area (Å²) in [6.45, 7) is 2.97. The van der Waals surface area contributed by atoms with Gasteiger partial charge in [-0.2, -0.15) is 0 Å². The summed E-state index contributed by atoms with van der Waals surface area (Å²) in [6.07, 6.45) is 0.989. The van der Waals surface area contributed by atoms with Crippen LogP contribution in [0.4, 0.5) is 0 Å². The maximum absolute atomic E-state index is 4.76. The van der Waals surface area contributed by atoms with Gasteiger partial charge in [0.2, 0.25) is 0 Å². The van der Waals surface area contributed by atoms with Crippen molar-refractivity contribution in [3.8, 4) is 0 Å². The number of aromatic nitrogens is 4. The predicted molar refractivity (Wildman–Crippen MR) is 121 cm³/mol. The van der Waals surface area contributed by atoms with Crippen molar-refractivity contribution in [2.24, 2.45) is 0 Å². The van der Waals surface area contributed by atoms with Gasteiger partial charge < -0.3 is 4.57 Å². The van der Waals surface area contributed by atoms with Gasteiger partial charge in [-0.3, -0.25) is 4.90 Å². The van der Waals surface area contributed by atoms with E-state index in [1.54, 1.807) is 23.1 Å². The molecule has 0 saturated heterocycles. The first-order valence-corrected chi connectivity index (χ1v) is 11.6. The molecule has 0 N–H and O–H groups in total. The van der Waals surface area contributed by atoms with E-state index in [0.29, 0.717) is 0 Å². The van der Waals surface area contributed by atoms with Crippen LogP contribution in [0.25, 0.3) is 10.2 Å². The molecular formula is C22H25N5S2. The number of rotatable bonds is 8. The zero-order chi connectivity index (χ0) is 20.2. The van der Waals surface area contributed by atoms with Crippen LogP contribution >= 0.6 is 23.1 Å². The number of para-hydroxylation sites is 1. The molecule has 4 aromatic rings. The number of thiazole rings is 1. The fourth-order valence-electron chi connectivity index (χ4n) is 3.45. The first kappa shape index (κ1) is 20.1. The van der Waals surface area contributed by atoms with Crippen LogP contribution in [-0.2, 0) is 12.3 Å². The van der Waals surface area contributed by atoms with E-state index in [1.807, 2.05) is 12.1 Å². The quantitative estimate of drug-likeness (QED) is 0.363. The van der Waals surface area contributed by atoms with Crippen LogP contribution in [0, 0.1) is 0 Å². The lowest BCUT2D eigenvalue weighted by Gasteiger charge is -2.23. The van der Waals surface area contributed by atoms with Crippen molar-refractivity contribution in [2.45, 2.75) is 36.8 Å². The second kappa shape index (κ2) is 9.07. The molecule has 0 fully saturated rings. The number of hydrogen-bond donors (Lipinski definition) is 0. The summed E-state index contributed by atoms with van der Waals surface area (Å²) in [5, 5.41) is 11.2. The summed E-state index contributed by atoms with van der Waals surface area (Å²) in [6, 6.07) is 19.0. The highest BCUT2D eigenvalue weighted by atomic mass is 32.2. The average Bonchev–Trinajstić information content (AvgIpc) is 3.31. The Balaban J connectivity index is 1.61. The summed E-state index contributed by atoms with van der Waals surface area (Å²) in [5.74, 6) is 1.82. The maximum atomic E-state index is 4.76. The number of fused-ring (bicyclic) bond motifs is 1. The van der Waals surface area contributed by atoms with Crippen molar-refractivity contribution in [3.05, 3.63) is 71.0 Å². The Morgan fingerprint density at radius 3 is 2.52 bits per heavy atom. The molecule has 0 bridgehead atoms. The van der Waals surface area contributed by atoms with Gasteiger partial charge in [0.05, 0.1) is 28.6 Å². The van der Waals surface area contributed by atoms with E-state index >= 15 is 0 Å². The number of benzene rings is 2. The van der Waals surface area contributed by atoms with Crippen LogP contribution in [0.5, 0.6) is 0 Å². The maximum Gasteiger partial charge on any atom is 0.191 e. The summed E-state index contributed by atoms with van der Waals surface area (Å²) in [5.41, 5.74) is 2.32. The molecule has 0 aliphatic heterocycles. The zero-order valence-corrected chi connectivity index (χ0v) is 18.6. The molecule has 2 heterocycles. The molecule has 0 saturated carbocycles. The minimum atomic E-state index is 0.239. The number of nitrogens with zero attached hydrogens (tertiary/aromatic N) is 5. The third-order valence-electron chi connectivity index (χ3n) is 4.90. The number of hydrogen-bond acceptors (Lipinski definition) is 6. The van der Waals surface area contributed by atoms with Crippen LogP contribution < -0.4 is 0 Å². The minimum absolute atomic E-state index is 0.239. The summed E-state index contributed by atoms with van der Waals surface area (Å²) in [7, 11) is 4.20. The first-order valence-electron chi connectivity index (χ1n) is 9.76. The van der Waals surface area contributed by atoms with Gasteiger partial charge in [0.15, 0.2) is 11.0 Å². The summed E-state index contributed by atoms with van der Waals surface area (Å²) < 4.78 is 3.50. The molecule has 0 unspecified atom stereocenters. The lowest BCUT2D eigenvalue weighted by Crippen LogP contribution is -2.23. The van der Waals surface area contributed by atoms with Crippen LogP contribution in [-0.4, -0.2) is 38.7 Å². The van der Waals surface area contributed by atoms with Crippen molar-refractivity contribution in [1.82, 2.24) is 24.6 Å². The molecule has 4 rings (SSSR count). The Labute approximate surface area is 179 Å². The van der Waals surface area contributed by atoms with E-state index in [2.05, 4.69) is 83.1 Å². The molecule has 2 aromatic carbocycles. The van der Waals surface area contributed by atoms with Crippen molar-refractivity contribution in [3.63, 3.8) is 0 Å². The third-order valence-corrected chi connectivity index (χ3v) is 7.10. The number of thioether (sulfide) groups is 1. The first-order chi connectivity index (χ1) is 14.2. The molecule has 7 heteroatoms. The van der Waals surface area contributed by atoms with E-state index in [9.17, 15) is 0 Å². The highest BCUT2D eigenvalue weighted by Gasteiger charge is 2.22. The molecule has 0 amide bonds. The molecule has 5 nitrogen and oxygen atoms in total. The smallest absolute Gasteiger partial charge is 0.191 e. The van der Waals surface area contributed by atoms with E-state index < -0.39 is 0 Å². The summed E-state index contributed by atoms with van der Waals surface area (Å²) in [4.78, 5) is 6.98. The normalized spacial score (nSPS) is 12.7. The fourth-order valence-corrected chi connectivity index (χ4v) is 5.36. The molecule has 0 spiro atoms. The lowest BCUT2D eigenvalue weighted by atomic mass is 10.2. The Morgan fingerprint density at radius 2 is 1.79 bits per heavy atom. The second-order valence-electron chi connectivity index (χ2n) is 7.16. The fraction of sp³-hybridized carbons (Fsp3) is 0.318. The van der Waals surface area contributed by atoms with Gasteiger partial charge in [-0.25, -0.2) is 4.98 Å². The van der Waals surface area contributed by atoms with Gasteiger partial charge >= 0.3 is 0 Å². The molecule has 2 aromatic heterocycles. The Bertz CT molecular complexity index is 1040. The average molecular weight is 424 g/mol. The van der Waals surface area contributed by atoms with E-state index in [1.165, 1.54) is 10.3 Å². The van der Waals surface area contributed by atoms with Gasteiger partial charge in [0, 0.05) is 0 Å². The zero-order valence-electron chi connectivity index (χ0n) is 16.9. The molecule has 1 atom stereocenters. The second-order valence-corrected chi connectivity index (χ2v) is 9.22. The molecule has 0 aliphatic carbocycles.